The minimum absolute atomic E-state index is 0. The Kier molecular flexibility index (Phi) is 61.2. The first-order chi connectivity index (χ1) is 3.77. The van der Waals surface area contributed by atoms with Crippen molar-refractivity contribution >= 4 is 0 Å². The third-order valence-corrected chi connectivity index (χ3v) is 1.16. The van der Waals surface area contributed by atoms with Crippen LogP contribution in [-0.4, -0.2) is 13.6 Å². The molecule has 0 rings (SSSR count). The van der Waals surface area contributed by atoms with Gasteiger partial charge in [-0.15, -0.1) is 6.54 Å². The molecule has 1 nitrogen and oxygen atoms in total. The monoisotopic (exact) mass is 470 g/mol. The van der Waals surface area contributed by atoms with Gasteiger partial charge in [0.2, 0.25) is 0 Å². The van der Waals surface area contributed by atoms with Crippen molar-refractivity contribution in [3.8, 4) is 0 Å². The summed E-state index contributed by atoms with van der Waals surface area (Å²) in [4.78, 5) is 0. The average Bonchev–Trinajstić information content (AvgIpc) is 1.66. The van der Waals surface area contributed by atoms with Crippen molar-refractivity contribution in [2.45, 2.75) is 26.7 Å². The molecule has 0 aliphatic heterocycles. The van der Waals surface area contributed by atoms with Gasteiger partial charge in [0, 0.05) is 131 Å². The summed E-state index contributed by atoms with van der Waals surface area (Å²) in [5, 5.41) is 4.01. The molecule has 0 spiro atoms. The van der Waals surface area contributed by atoms with Crippen molar-refractivity contribution in [2.75, 3.05) is 13.6 Å². The molecule has 5 heteroatoms. The van der Waals surface area contributed by atoms with Crippen molar-refractivity contribution in [2.24, 2.45) is 5.92 Å². The summed E-state index contributed by atoms with van der Waals surface area (Å²) in [7, 11) is 1.88. The zero-order chi connectivity index (χ0) is 6.41. The van der Waals surface area contributed by atoms with E-state index in [9.17, 15) is 0 Å². The second-order valence-corrected chi connectivity index (χ2v) is 2.58. The largest absolute Gasteiger partial charge is 0.665 e. The van der Waals surface area contributed by atoms with Gasteiger partial charge in [-0.3, -0.25) is 0 Å². The molecule has 62 valence electrons. The summed E-state index contributed by atoms with van der Waals surface area (Å²) >= 11 is 0. The van der Waals surface area contributed by atoms with Gasteiger partial charge in [0.1, 0.15) is 0 Å². The van der Waals surface area contributed by atoms with Gasteiger partial charge < -0.3 is 5.32 Å². The van der Waals surface area contributed by atoms with E-state index >= 15 is 0 Å². The predicted molar refractivity (Wildman–Crippen MR) is 38.2 cm³/mol. The molecule has 0 unspecified atom stereocenters. The van der Waals surface area contributed by atoms with E-state index in [1.807, 2.05) is 7.05 Å². The molecule has 0 aromatic heterocycles. The van der Waals surface area contributed by atoms with Crippen LogP contribution in [0.5, 0.6) is 0 Å². The maximum Gasteiger partial charge on any atom is 0 e. The molecule has 0 saturated carbocycles. The zero-order valence-electron chi connectivity index (χ0n) is 8.46. The zero-order valence-corrected chi connectivity index (χ0v) is 19.8. The summed E-state index contributed by atoms with van der Waals surface area (Å²) in [6, 6.07) is 0. The number of hydrogen-bond acceptors (Lipinski definition) is 0. The Bertz CT molecular complexity index is 52.7. The Morgan fingerprint density at radius 3 is 1.67 bits per heavy atom. The van der Waals surface area contributed by atoms with Crippen LogP contribution in [0.2, 0.25) is 0 Å². The van der Waals surface area contributed by atoms with Crippen LogP contribution in [-0.2, 0) is 131 Å². The second-order valence-electron chi connectivity index (χ2n) is 2.58. The van der Waals surface area contributed by atoms with Crippen LogP contribution in [0, 0.1) is 5.92 Å². The minimum Gasteiger partial charge on any atom is -0.665 e. The summed E-state index contributed by atoms with van der Waals surface area (Å²) in [6.45, 7) is 5.53. The summed E-state index contributed by atoms with van der Waals surface area (Å²) in [5.74, 6) is 0.844. The fourth-order valence-corrected chi connectivity index (χ4v) is 0.658. The summed E-state index contributed by atoms with van der Waals surface area (Å²) in [5.41, 5.74) is 0. The molecule has 0 aliphatic rings. The first kappa shape index (κ1) is 29.9. The van der Waals surface area contributed by atoms with Crippen molar-refractivity contribution in [3.63, 3.8) is 0 Å². The Labute approximate surface area is 178 Å². The second kappa shape index (κ2) is 24.6. The third-order valence-electron chi connectivity index (χ3n) is 1.16. The Hall–Kier alpha value is 4.38. The van der Waals surface area contributed by atoms with E-state index < -0.39 is 0 Å². The van der Waals surface area contributed by atoms with Crippen LogP contribution in [0.3, 0.4) is 0 Å². The minimum atomic E-state index is 0. The average molecular weight is 470 g/mol. The molecule has 0 heterocycles. The molecule has 12 heavy (non-hydrogen) atoms. The van der Waals surface area contributed by atoms with Gasteiger partial charge in [0.25, 0.3) is 0 Å². The van der Waals surface area contributed by atoms with Gasteiger partial charge in [-0.25, -0.2) is 0 Å². The molecule has 0 atom stereocenters. The van der Waals surface area contributed by atoms with E-state index in [1.165, 1.54) is 12.8 Å². The van der Waals surface area contributed by atoms with Gasteiger partial charge >= 0.3 is 0 Å². The first-order valence-corrected chi connectivity index (χ1v) is 3.33. The molecule has 0 N–H and O–H groups in total. The van der Waals surface area contributed by atoms with Gasteiger partial charge in [-0.05, 0) is 5.92 Å². The van der Waals surface area contributed by atoms with Crippen LogP contribution in [0.1, 0.15) is 26.7 Å². The number of rotatable bonds is 4. The maximum atomic E-state index is 4.01. The fraction of sp³-hybridized carbons (Fsp3) is 1.00. The molecular formula is C7H16NY4-. The van der Waals surface area contributed by atoms with Gasteiger partial charge in [0.05, 0.1) is 0 Å². The van der Waals surface area contributed by atoms with E-state index in [-0.39, 0.29) is 131 Å². The van der Waals surface area contributed by atoms with E-state index in [4.69, 9.17) is 0 Å². The van der Waals surface area contributed by atoms with E-state index in [0.717, 1.165) is 12.5 Å². The van der Waals surface area contributed by atoms with Crippen LogP contribution in [0.15, 0.2) is 0 Å². The predicted octanol–water partition coefficient (Wildman–Crippen LogP) is 2.42. The van der Waals surface area contributed by atoms with Crippen molar-refractivity contribution in [1.29, 1.82) is 0 Å². The van der Waals surface area contributed by atoms with Crippen molar-refractivity contribution in [1.82, 2.24) is 0 Å². The van der Waals surface area contributed by atoms with E-state index in [2.05, 4.69) is 19.2 Å². The van der Waals surface area contributed by atoms with Crippen molar-refractivity contribution < 1.29 is 131 Å². The Morgan fingerprint density at radius 1 is 1.00 bits per heavy atom. The van der Waals surface area contributed by atoms with Crippen LogP contribution < -0.4 is 0 Å². The van der Waals surface area contributed by atoms with Crippen molar-refractivity contribution in [3.05, 3.63) is 5.32 Å². The maximum absolute atomic E-state index is 4.01. The molecule has 4 radical (unpaired) electrons. The molecule has 0 saturated heterocycles. The Morgan fingerprint density at radius 2 is 1.42 bits per heavy atom. The molecule has 0 bridgehead atoms. The Balaban J connectivity index is -0.0000000408. The normalized spacial score (nSPS) is 7.00. The van der Waals surface area contributed by atoms with Gasteiger partial charge in [0.15, 0.2) is 0 Å². The number of nitrogens with zero attached hydrogens (tertiary/aromatic N) is 1. The van der Waals surface area contributed by atoms with E-state index in [1.54, 1.807) is 0 Å². The first-order valence-electron chi connectivity index (χ1n) is 3.33. The quantitative estimate of drug-likeness (QED) is 0.562. The van der Waals surface area contributed by atoms with Gasteiger partial charge in [-0.2, -0.15) is 7.05 Å². The molecule has 0 fully saturated rings. The summed E-state index contributed by atoms with van der Waals surface area (Å²) in [6.07, 6.45) is 2.57. The van der Waals surface area contributed by atoms with Crippen LogP contribution >= 0.6 is 0 Å². The number of hydrogen-bond donors (Lipinski definition) is 0. The van der Waals surface area contributed by atoms with Crippen LogP contribution in [0.25, 0.3) is 5.32 Å². The fourth-order valence-electron chi connectivity index (χ4n) is 0.658. The summed E-state index contributed by atoms with van der Waals surface area (Å²) < 4.78 is 0. The third kappa shape index (κ3) is 29.3. The smallest absolute Gasteiger partial charge is 0 e. The van der Waals surface area contributed by atoms with Gasteiger partial charge in [-0.1, -0.05) is 26.7 Å². The van der Waals surface area contributed by atoms with Crippen LogP contribution in [0.4, 0.5) is 0 Å². The topological polar surface area (TPSA) is 14.1 Å². The van der Waals surface area contributed by atoms with E-state index in [0.29, 0.717) is 0 Å². The SMILES string of the molecule is C[N-]CCCC(C)C.[Y].[Y].[Y].[Y]. The molecule has 0 aliphatic carbocycles. The molecule has 0 aromatic rings. The molecular weight excluding hydrogens is 454 g/mol. The molecule has 0 amide bonds. The molecule has 0 aromatic carbocycles. The standard InChI is InChI=1S/C7H16N.4Y/c1-7(2)5-4-6-8-3;;;;/h7H,4-6H2,1-3H3;;;;/q-1;;;;.